The lowest BCUT2D eigenvalue weighted by molar-refractivity contribution is 0.0579. The molecule has 0 bridgehead atoms. The van der Waals surface area contributed by atoms with Crippen LogP contribution in [0.3, 0.4) is 0 Å². The summed E-state index contributed by atoms with van der Waals surface area (Å²) in [6, 6.07) is 8.60. The molecular weight excluding hydrogens is 278 g/mol. The maximum atomic E-state index is 10.3. The fraction of sp³-hybridized carbons (Fsp3) is 0.667. The summed E-state index contributed by atoms with van der Waals surface area (Å²) in [5, 5.41) is 10.3. The van der Waals surface area contributed by atoms with Crippen LogP contribution in [-0.4, -0.2) is 55.1 Å². The van der Waals surface area contributed by atoms with Gasteiger partial charge in [-0.25, -0.2) is 0 Å². The van der Waals surface area contributed by atoms with Crippen molar-refractivity contribution in [1.29, 1.82) is 0 Å². The van der Waals surface area contributed by atoms with Crippen LogP contribution >= 0.6 is 0 Å². The van der Waals surface area contributed by atoms with Gasteiger partial charge < -0.3 is 14.6 Å². The summed E-state index contributed by atoms with van der Waals surface area (Å²) in [5.41, 5.74) is 1.11. The Labute approximate surface area is 133 Å². The summed E-state index contributed by atoms with van der Waals surface area (Å²) in [7, 11) is 0. The second kappa shape index (κ2) is 7.44. The summed E-state index contributed by atoms with van der Waals surface area (Å²) >= 11 is 0. The summed E-state index contributed by atoms with van der Waals surface area (Å²) in [5.74, 6) is 1.49. The third-order valence-electron chi connectivity index (χ3n) is 4.55. The van der Waals surface area contributed by atoms with Gasteiger partial charge in [-0.05, 0) is 43.7 Å². The van der Waals surface area contributed by atoms with Crippen molar-refractivity contribution in [2.75, 3.05) is 32.9 Å². The van der Waals surface area contributed by atoms with Crippen molar-refractivity contribution in [1.82, 2.24) is 4.90 Å². The van der Waals surface area contributed by atoms with Gasteiger partial charge in [-0.1, -0.05) is 18.2 Å². The minimum Gasteiger partial charge on any atom is -0.491 e. The molecule has 122 valence electrons. The summed E-state index contributed by atoms with van der Waals surface area (Å²) < 4.78 is 11.2. The van der Waals surface area contributed by atoms with Gasteiger partial charge in [0.25, 0.3) is 0 Å². The molecule has 1 aliphatic carbocycles. The first-order valence-electron chi connectivity index (χ1n) is 8.40. The molecule has 2 fully saturated rings. The Bertz CT molecular complexity index is 469. The third kappa shape index (κ3) is 4.45. The highest BCUT2D eigenvalue weighted by Crippen LogP contribution is 2.29. The minimum absolute atomic E-state index is 0.356. The first-order valence-corrected chi connectivity index (χ1v) is 8.40. The van der Waals surface area contributed by atoms with E-state index in [2.05, 4.69) is 4.90 Å². The van der Waals surface area contributed by atoms with E-state index in [1.54, 1.807) is 0 Å². The van der Waals surface area contributed by atoms with Crippen LogP contribution in [0, 0.1) is 12.8 Å². The predicted molar refractivity (Wildman–Crippen MR) is 86.2 cm³/mol. The Hall–Kier alpha value is -1.10. The molecule has 1 aromatic rings. The first kappa shape index (κ1) is 15.8. The molecule has 1 aromatic carbocycles. The molecule has 3 rings (SSSR count). The van der Waals surface area contributed by atoms with Gasteiger partial charge in [0.05, 0.1) is 6.61 Å². The van der Waals surface area contributed by atoms with Crippen LogP contribution in [0.1, 0.15) is 24.8 Å². The number of aliphatic hydroxyl groups excluding tert-OH is 1. The number of nitrogens with zero attached hydrogens (tertiary/aromatic N) is 1. The van der Waals surface area contributed by atoms with Crippen molar-refractivity contribution in [3.8, 4) is 5.75 Å². The molecule has 4 heteroatoms. The molecule has 1 heterocycles. The Morgan fingerprint density at radius 2 is 2.14 bits per heavy atom. The minimum atomic E-state index is -0.442. The average Bonchev–Trinajstić information content (AvgIpc) is 3.24. The van der Waals surface area contributed by atoms with Gasteiger partial charge in [-0.15, -0.1) is 0 Å². The molecule has 1 aliphatic heterocycles. The average molecular weight is 305 g/mol. The zero-order chi connectivity index (χ0) is 15.4. The Kier molecular flexibility index (Phi) is 5.34. The maximum Gasteiger partial charge on any atom is 0.122 e. The lowest BCUT2D eigenvalue weighted by atomic mass is 10.1. The van der Waals surface area contributed by atoms with Crippen LogP contribution in [0.2, 0.25) is 0 Å². The quantitative estimate of drug-likeness (QED) is 0.800. The van der Waals surface area contributed by atoms with Gasteiger partial charge in [0.1, 0.15) is 18.5 Å². The monoisotopic (exact) mass is 305 g/mol. The van der Waals surface area contributed by atoms with E-state index in [0.717, 1.165) is 37.5 Å². The summed E-state index contributed by atoms with van der Waals surface area (Å²) in [4.78, 5) is 2.44. The van der Waals surface area contributed by atoms with Crippen molar-refractivity contribution < 1.29 is 14.6 Å². The van der Waals surface area contributed by atoms with Crippen LogP contribution in [-0.2, 0) is 4.74 Å². The van der Waals surface area contributed by atoms with Gasteiger partial charge in [0.15, 0.2) is 0 Å². The van der Waals surface area contributed by atoms with Crippen molar-refractivity contribution in [3.63, 3.8) is 0 Å². The van der Waals surface area contributed by atoms with E-state index in [1.807, 2.05) is 31.2 Å². The van der Waals surface area contributed by atoms with E-state index in [-0.39, 0.29) is 0 Å². The fourth-order valence-corrected chi connectivity index (χ4v) is 3.10. The summed E-state index contributed by atoms with van der Waals surface area (Å²) in [6.45, 7) is 5.90. The predicted octanol–water partition coefficient (Wildman–Crippen LogP) is 2.24. The molecule has 1 N–H and O–H groups in total. The molecule has 2 unspecified atom stereocenters. The Balaban J connectivity index is 1.46. The van der Waals surface area contributed by atoms with E-state index in [1.165, 1.54) is 12.8 Å². The van der Waals surface area contributed by atoms with Gasteiger partial charge in [0.2, 0.25) is 0 Å². The topological polar surface area (TPSA) is 41.9 Å². The molecule has 2 atom stereocenters. The van der Waals surface area contributed by atoms with Crippen LogP contribution in [0.4, 0.5) is 0 Å². The molecule has 0 radical (unpaired) electrons. The molecule has 0 amide bonds. The van der Waals surface area contributed by atoms with Crippen LogP contribution in [0.25, 0.3) is 0 Å². The van der Waals surface area contributed by atoms with Gasteiger partial charge in [-0.2, -0.15) is 0 Å². The number of ether oxygens (including phenoxy) is 2. The first-order chi connectivity index (χ1) is 10.7. The van der Waals surface area contributed by atoms with Crippen molar-refractivity contribution >= 4 is 0 Å². The van der Waals surface area contributed by atoms with Crippen LogP contribution in [0.15, 0.2) is 24.3 Å². The number of para-hydroxylation sites is 1. The van der Waals surface area contributed by atoms with E-state index < -0.39 is 6.10 Å². The van der Waals surface area contributed by atoms with Crippen molar-refractivity contribution in [2.24, 2.45) is 5.92 Å². The number of aliphatic hydroxyl groups is 1. The molecule has 2 aliphatic rings. The molecule has 1 saturated heterocycles. The molecule has 0 aromatic heterocycles. The Morgan fingerprint density at radius 3 is 2.82 bits per heavy atom. The van der Waals surface area contributed by atoms with E-state index in [9.17, 15) is 5.11 Å². The highest BCUT2D eigenvalue weighted by atomic mass is 16.5. The molecule has 1 saturated carbocycles. The van der Waals surface area contributed by atoms with Gasteiger partial charge in [-0.3, -0.25) is 4.90 Å². The number of rotatable bonds is 8. The number of hydrogen-bond acceptors (Lipinski definition) is 4. The second-order valence-corrected chi connectivity index (χ2v) is 6.65. The van der Waals surface area contributed by atoms with Gasteiger partial charge in [0, 0.05) is 25.7 Å². The fourth-order valence-electron chi connectivity index (χ4n) is 3.10. The second-order valence-electron chi connectivity index (χ2n) is 6.65. The number of aryl methyl sites for hydroxylation is 1. The van der Waals surface area contributed by atoms with E-state index in [0.29, 0.717) is 25.1 Å². The normalized spacial score (nSPS) is 23.0. The van der Waals surface area contributed by atoms with Crippen molar-refractivity contribution in [3.05, 3.63) is 29.8 Å². The lowest BCUT2D eigenvalue weighted by Gasteiger charge is -2.27. The molecule has 4 nitrogen and oxygen atoms in total. The zero-order valence-electron chi connectivity index (χ0n) is 13.4. The number of hydrogen-bond donors (Lipinski definition) is 1. The standard InChI is InChI=1S/C18H27NO3/c1-14-4-2-3-5-18(14)22-13-17(20)11-19(16-6-7-16)10-15-8-9-21-12-15/h2-5,15-17,20H,6-13H2,1H3. The molecule has 0 spiro atoms. The number of benzene rings is 1. The third-order valence-corrected chi connectivity index (χ3v) is 4.55. The van der Waals surface area contributed by atoms with Crippen LogP contribution < -0.4 is 4.74 Å². The van der Waals surface area contributed by atoms with E-state index >= 15 is 0 Å². The van der Waals surface area contributed by atoms with E-state index in [4.69, 9.17) is 9.47 Å². The molecular formula is C18H27NO3. The Morgan fingerprint density at radius 1 is 1.32 bits per heavy atom. The largest absolute Gasteiger partial charge is 0.491 e. The summed E-state index contributed by atoms with van der Waals surface area (Å²) in [6.07, 6.45) is 3.24. The zero-order valence-corrected chi connectivity index (χ0v) is 13.4. The van der Waals surface area contributed by atoms with Gasteiger partial charge >= 0.3 is 0 Å². The van der Waals surface area contributed by atoms with Crippen molar-refractivity contribution in [2.45, 2.75) is 38.3 Å². The maximum absolute atomic E-state index is 10.3. The lowest BCUT2D eigenvalue weighted by Crippen LogP contribution is -2.40. The molecule has 22 heavy (non-hydrogen) atoms. The smallest absolute Gasteiger partial charge is 0.122 e. The highest BCUT2D eigenvalue weighted by Gasteiger charge is 2.32. The van der Waals surface area contributed by atoms with Crippen LogP contribution in [0.5, 0.6) is 5.75 Å². The SMILES string of the molecule is Cc1ccccc1OCC(O)CN(CC1CCOC1)C1CC1. The highest BCUT2D eigenvalue weighted by molar-refractivity contribution is 5.31.